The molecule has 0 bridgehead atoms. The summed E-state index contributed by atoms with van der Waals surface area (Å²) in [6.07, 6.45) is 5.05. The summed E-state index contributed by atoms with van der Waals surface area (Å²) in [6, 6.07) is 8.79. The highest BCUT2D eigenvalue weighted by Crippen LogP contribution is 2.23. The molecule has 2 aliphatic rings. The number of hydrogen-bond acceptors (Lipinski definition) is 4. The summed E-state index contributed by atoms with van der Waals surface area (Å²) in [4.78, 5) is 6.79. The van der Waals surface area contributed by atoms with Gasteiger partial charge < -0.3 is 20.1 Å². The molecule has 2 N–H and O–H groups in total. The summed E-state index contributed by atoms with van der Waals surface area (Å²) in [6.45, 7) is 8.33. The number of rotatable bonds is 7. The van der Waals surface area contributed by atoms with E-state index in [0.29, 0.717) is 19.2 Å². The quantitative estimate of drug-likeness (QED) is 0.331. The molecule has 1 aliphatic carbocycles. The van der Waals surface area contributed by atoms with E-state index in [4.69, 9.17) is 9.47 Å². The molecule has 1 heterocycles. The predicted molar refractivity (Wildman–Crippen MR) is 129 cm³/mol. The van der Waals surface area contributed by atoms with Crippen molar-refractivity contribution in [2.75, 3.05) is 46.5 Å². The molecular weight excluding hydrogens is 479 g/mol. The van der Waals surface area contributed by atoms with E-state index in [1.165, 1.54) is 25.7 Å². The molecule has 0 amide bonds. The molecule has 0 atom stereocenters. The highest BCUT2D eigenvalue weighted by Gasteiger charge is 2.19. The van der Waals surface area contributed by atoms with Gasteiger partial charge >= 0.3 is 0 Å². The Morgan fingerprint density at radius 3 is 2.62 bits per heavy atom. The Balaban J connectivity index is 0.00000300. The van der Waals surface area contributed by atoms with Crippen LogP contribution in [-0.4, -0.2) is 63.4 Å². The Morgan fingerprint density at radius 1 is 1.17 bits per heavy atom. The van der Waals surface area contributed by atoms with E-state index in [1.807, 2.05) is 13.1 Å². The number of nitrogens with one attached hydrogen (secondary N) is 2. The van der Waals surface area contributed by atoms with Gasteiger partial charge in [0.25, 0.3) is 0 Å². The molecule has 1 saturated heterocycles. The van der Waals surface area contributed by atoms with Crippen molar-refractivity contribution < 1.29 is 9.47 Å². The van der Waals surface area contributed by atoms with Gasteiger partial charge in [0, 0.05) is 44.8 Å². The molecule has 164 valence electrons. The fourth-order valence-corrected chi connectivity index (χ4v) is 3.87. The first-order valence-corrected chi connectivity index (χ1v) is 10.7. The van der Waals surface area contributed by atoms with Crippen LogP contribution in [0.1, 0.15) is 38.2 Å². The fraction of sp³-hybridized carbons (Fsp3) is 0.682. The number of benzene rings is 1. The Kier molecular flexibility index (Phi) is 11.1. The third-order valence-corrected chi connectivity index (χ3v) is 5.77. The zero-order valence-corrected chi connectivity index (χ0v) is 20.2. The molecule has 1 aromatic carbocycles. The maximum absolute atomic E-state index is 6.08. The summed E-state index contributed by atoms with van der Waals surface area (Å²) < 4.78 is 11.5. The molecule has 1 aliphatic heterocycles. The molecule has 0 aromatic heterocycles. The maximum Gasteiger partial charge on any atom is 0.191 e. The van der Waals surface area contributed by atoms with Gasteiger partial charge in [-0.3, -0.25) is 9.89 Å². The molecule has 0 radical (unpaired) electrons. The summed E-state index contributed by atoms with van der Waals surface area (Å²) >= 11 is 0. The number of aliphatic imine (C=N–C) groups is 1. The van der Waals surface area contributed by atoms with Gasteiger partial charge in [0.15, 0.2) is 5.96 Å². The largest absolute Gasteiger partial charge is 0.492 e. The summed E-state index contributed by atoms with van der Waals surface area (Å²) in [5.41, 5.74) is 1.16. The number of ether oxygens (including phenoxy) is 2. The minimum absolute atomic E-state index is 0. The van der Waals surface area contributed by atoms with E-state index in [1.54, 1.807) is 0 Å². The molecule has 2 fully saturated rings. The summed E-state index contributed by atoms with van der Waals surface area (Å²) in [7, 11) is 1.84. The van der Waals surface area contributed by atoms with Crippen LogP contribution in [0.5, 0.6) is 5.75 Å². The van der Waals surface area contributed by atoms with E-state index in [9.17, 15) is 0 Å². The standard InChI is InChI=1S/C22H36N4O2.HI/c1-18-7-9-20(10-8-18)25-22(23-2)24-17-19-5-3-4-6-21(19)28-16-13-26-11-14-27-15-12-26;/h3-6,18,20H,7-17H2,1-2H3,(H2,23,24,25);1H. The van der Waals surface area contributed by atoms with Crippen molar-refractivity contribution >= 4 is 29.9 Å². The number of para-hydroxylation sites is 1. The van der Waals surface area contributed by atoms with Crippen LogP contribution in [0, 0.1) is 5.92 Å². The highest BCUT2D eigenvalue weighted by molar-refractivity contribution is 14.0. The first kappa shape index (κ1) is 24.2. The number of hydrogen-bond donors (Lipinski definition) is 2. The van der Waals surface area contributed by atoms with E-state index >= 15 is 0 Å². The third kappa shape index (κ3) is 8.30. The topological polar surface area (TPSA) is 58.1 Å². The Bertz CT molecular complexity index is 615. The van der Waals surface area contributed by atoms with Crippen LogP contribution in [0.2, 0.25) is 0 Å². The van der Waals surface area contributed by atoms with E-state index in [-0.39, 0.29) is 24.0 Å². The van der Waals surface area contributed by atoms with Gasteiger partial charge in [-0.1, -0.05) is 25.1 Å². The first-order valence-electron chi connectivity index (χ1n) is 10.7. The number of guanidine groups is 1. The normalized spacial score (nSPS) is 23.2. The predicted octanol–water partition coefficient (Wildman–Crippen LogP) is 3.26. The number of nitrogens with zero attached hydrogens (tertiary/aromatic N) is 2. The SMILES string of the molecule is CN=C(NCc1ccccc1OCCN1CCOCC1)NC1CCC(C)CC1.I. The van der Waals surface area contributed by atoms with Gasteiger partial charge in [-0.25, -0.2) is 0 Å². The average Bonchev–Trinajstić information content (AvgIpc) is 2.74. The Labute approximate surface area is 192 Å². The second kappa shape index (κ2) is 13.3. The van der Waals surface area contributed by atoms with Crippen molar-refractivity contribution in [1.29, 1.82) is 0 Å². The average molecular weight is 516 g/mol. The lowest BCUT2D eigenvalue weighted by atomic mass is 9.87. The molecule has 1 saturated carbocycles. The van der Waals surface area contributed by atoms with Gasteiger partial charge in [-0.15, -0.1) is 24.0 Å². The second-order valence-corrected chi connectivity index (χ2v) is 7.94. The van der Waals surface area contributed by atoms with Crippen molar-refractivity contribution in [2.24, 2.45) is 10.9 Å². The molecule has 6 nitrogen and oxygen atoms in total. The third-order valence-electron chi connectivity index (χ3n) is 5.77. The lowest BCUT2D eigenvalue weighted by Gasteiger charge is -2.28. The minimum atomic E-state index is 0. The monoisotopic (exact) mass is 516 g/mol. The van der Waals surface area contributed by atoms with E-state index in [0.717, 1.165) is 56.0 Å². The fourth-order valence-electron chi connectivity index (χ4n) is 3.87. The van der Waals surface area contributed by atoms with Crippen LogP contribution >= 0.6 is 24.0 Å². The van der Waals surface area contributed by atoms with Crippen LogP contribution in [0.15, 0.2) is 29.3 Å². The lowest BCUT2D eigenvalue weighted by Crippen LogP contribution is -2.44. The zero-order valence-electron chi connectivity index (χ0n) is 17.9. The van der Waals surface area contributed by atoms with Crippen LogP contribution in [-0.2, 0) is 11.3 Å². The summed E-state index contributed by atoms with van der Waals surface area (Å²) in [5, 5.41) is 7.04. The van der Waals surface area contributed by atoms with Gasteiger partial charge in [0.2, 0.25) is 0 Å². The molecule has 7 heteroatoms. The van der Waals surface area contributed by atoms with Crippen LogP contribution in [0.25, 0.3) is 0 Å². The van der Waals surface area contributed by atoms with Gasteiger partial charge in [0.1, 0.15) is 12.4 Å². The van der Waals surface area contributed by atoms with Crippen molar-refractivity contribution in [1.82, 2.24) is 15.5 Å². The molecular formula is C22H37IN4O2. The van der Waals surface area contributed by atoms with Crippen molar-refractivity contribution in [2.45, 2.75) is 45.2 Å². The molecule has 0 unspecified atom stereocenters. The van der Waals surface area contributed by atoms with Crippen molar-refractivity contribution in [3.8, 4) is 5.75 Å². The van der Waals surface area contributed by atoms with Gasteiger partial charge in [-0.05, 0) is 37.7 Å². The lowest BCUT2D eigenvalue weighted by molar-refractivity contribution is 0.0322. The van der Waals surface area contributed by atoms with E-state index < -0.39 is 0 Å². The summed E-state index contributed by atoms with van der Waals surface area (Å²) in [5.74, 6) is 2.68. The molecule has 29 heavy (non-hydrogen) atoms. The number of morpholine rings is 1. The Morgan fingerprint density at radius 2 is 1.90 bits per heavy atom. The second-order valence-electron chi connectivity index (χ2n) is 7.94. The van der Waals surface area contributed by atoms with Crippen LogP contribution in [0.4, 0.5) is 0 Å². The van der Waals surface area contributed by atoms with E-state index in [2.05, 4.69) is 45.6 Å². The van der Waals surface area contributed by atoms with Crippen molar-refractivity contribution in [3.63, 3.8) is 0 Å². The maximum atomic E-state index is 6.08. The molecule has 3 rings (SSSR count). The van der Waals surface area contributed by atoms with Gasteiger partial charge in [0.05, 0.1) is 13.2 Å². The van der Waals surface area contributed by atoms with Crippen LogP contribution < -0.4 is 15.4 Å². The highest BCUT2D eigenvalue weighted by atomic mass is 127. The number of halogens is 1. The Hall–Kier alpha value is -1.06. The molecule has 0 spiro atoms. The van der Waals surface area contributed by atoms with Gasteiger partial charge in [-0.2, -0.15) is 0 Å². The first-order chi connectivity index (χ1) is 13.7. The van der Waals surface area contributed by atoms with Crippen molar-refractivity contribution in [3.05, 3.63) is 29.8 Å². The van der Waals surface area contributed by atoms with Crippen LogP contribution in [0.3, 0.4) is 0 Å². The zero-order chi connectivity index (χ0) is 19.6. The minimum Gasteiger partial charge on any atom is -0.492 e. The smallest absolute Gasteiger partial charge is 0.191 e. The molecule has 1 aromatic rings.